The van der Waals surface area contributed by atoms with Crippen molar-refractivity contribution in [3.63, 3.8) is 0 Å². The van der Waals surface area contributed by atoms with Crippen molar-refractivity contribution in [3.8, 4) is 0 Å². The largest absolute Gasteiger partial charge is 0.463 e. The van der Waals surface area contributed by atoms with Crippen LogP contribution in [0.1, 0.15) is 25.8 Å². The summed E-state index contributed by atoms with van der Waals surface area (Å²) in [6.07, 6.45) is 1.20. The highest BCUT2D eigenvalue weighted by Gasteiger charge is 2.36. The van der Waals surface area contributed by atoms with Crippen molar-refractivity contribution in [2.75, 3.05) is 6.61 Å². The lowest BCUT2D eigenvalue weighted by Crippen LogP contribution is -2.52. The predicted molar refractivity (Wildman–Crippen MR) is 94.9 cm³/mol. The molecule has 1 aliphatic carbocycles. The molecule has 1 aromatic carbocycles. The molecule has 1 amide bonds. The zero-order valence-corrected chi connectivity index (χ0v) is 14.8. The molecule has 0 radical (unpaired) electrons. The summed E-state index contributed by atoms with van der Waals surface area (Å²) < 4.78 is 11.0. The fourth-order valence-corrected chi connectivity index (χ4v) is 2.83. The summed E-state index contributed by atoms with van der Waals surface area (Å²) in [5, 5.41) is 6.52. The molecule has 1 N–H and O–H groups in total. The van der Waals surface area contributed by atoms with Crippen LogP contribution < -0.4 is 5.32 Å². The molecule has 0 heterocycles. The zero-order valence-electron chi connectivity index (χ0n) is 14.8. The predicted octanol–water partition coefficient (Wildman–Crippen LogP) is 2.65. The molecule has 138 valence electrons. The molecule has 0 aromatic heterocycles. The monoisotopic (exact) mass is 358 g/mol. The smallest absolute Gasteiger partial charge is 0.333 e. The van der Waals surface area contributed by atoms with Crippen LogP contribution in [0.15, 0.2) is 47.1 Å². The van der Waals surface area contributed by atoms with Gasteiger partial charge in [0.1, 0.15) is 0 Å². The molecule has 0 unspecified atom stereocenters. The number of hydrogen-bond acceptors (Lipinski definition) is 5. The molecule has 1 aromatic rings. The summed E-state index contributed by atoms with van der Waals surface area (Å²) in [6, 6.07) is 8.31. The quantitative estimate of drug-likeness (QED) is 0.349. The van der Waals surface area contributed by atoms with E-state index in [2.05, 4.69) is 15.3 Å². The number of ether oxygens (including phenoxy) is 2. The van der Waals surface area contributed by atoms with Gasteiger partial charge in [0.25, 0.3) is 0 Å². The number of amides is 1. The van der Waals surface area contributed by atoms with Gasteiger partial charge in [-0.3, -0.25) is 4.79 Å². The van der Waals surface area contributed by atoms with E-state index >= 15 is 0 Å². The first-order valence-electron chi connectivity index (χ1n) is 8.39. The van der Waals surface area contributed by atoms with Crippen LogP contribution in [0, 0.1) is 0 Å². The minimum absolute atomic E-state index is 0.180. The molecule has 0 saturated carbocycles. The summed E-state index contributed by atoms with van der Waals surface area (Å²) >= 11 is 0. The van der Waals surface area contributed by atoms with Crippen LogP contribution in [0.5, 0.6) is 0 Å². The van der Waals surface area contributed by atoms with Crippen molar-refractivity contribution < 1.29 is 19.1 Å². The Balaban J connectivity index is 2.27. The molecule has 26 heavy (non-hydrogen) atoms. The highest BCUT2D eigenvalue weighted by molar-refractivity contribution is 5.89. The number of carbonyl (C=O) groups excluding carboxylic acids is 2. The average molecular weight is 358 g/mol. The standard InChI is InChI=1S/C18H22N4O4/c1-3-25-18(24)14-9-15(21-22-19)17(20-12(2)23)16(10-14)26-11-13-7-5-4-6-8-13/h4-8,10,15-17H,3,9,11H2,1-2H3,(H,20,23)/t15-,16+,17+/m0/s1. The lowest BCUT2D eigenvalue weighted by Gasteiger charge is -2.34. The van der Waals surface area contributed by atoms with Crippen LogP contribution in [0.3, 0.4) is 0 Å². The number of azide groups is 1. The van der Waals surface area contributed by atoms with Crippen molar-refractivity contribution in [1.29, 1.82) is 0 Å². The number of benzene rings is 1. The molecule has 8 heteroatoms. The van der Waals surface area contributed by atoms with E-state index in [1.165, 1.54) is 6.92 Å². The SMILES string of the molecule is CCOC(=O)C1=C[C@@H](OCc2ccccc2)[C@H](NC(C)=O)[C@@H](N=[N+]=[N-])C1. The van der Waals surface area contributed by atoms with Crippen molar-refractivity contribution in [2.45, 2.75) is 45.1 Å². The van der Waals surface area contributed by atoms with Crippen molar-refractivity contribution in [3.05, 3.63) is 58.0 Å². The van der Waals surface area contributed by atoms with E-state index in [1.807, 2.05) is 30.3 Å². The van der Waals surface area contributed by atoms with Gasteiger partial charge in [-0.2, -0.15) is 0 Å². The average Bonchev–Trinajstić information content (AvgIpc) is 2.62. The fourth-order valence-electron chi connectivity index (χ4n) is 2.83. The van der Waals surface area contributed by atoms with Crippen LogP contribution in [-0.4, -0.2) is 36.7 Å². The van der Waals surface area contributed by atoms with Crippen molar-refractivity contribution >= 4 is 11.9 Å². The molecule has 0 saturated heterocycles. The van der Waals surface area contributed by atoms with E-state index in [1.54, 1.807) is 13.0 Å². The summed E-state index contributed by atoms with van der Waals surface area (Å²) in [5.74, 6) is -0.741. The number of hydrogen-bond donors (Lipinski definition) is 1. The summed E-state index contributed by atoms with van der Waals surface area (Å²) in [5.41, 5.74) is 10.2. The number of nitrogens with zero attached hydrogens (tertiary/aromatic N) is 3. The molecule has 8 nitrogen and oxygen atoms in total. The first-order valence-corrected chi connectivity index (χ1v) is 8.39. The first-order chi connectivity index (χ1) is 12.5. The van der Waals surface area contributed by atoms with Crippen LogP contribution >= 0.6 is 0 Å². The van der Waals surface area contributed by atoms with Gasteiger partial charge in [-0.15, -0.1) is 0 Å². The fraction of sp³-hybridized carbons (Fsp3) is 0.444. The van der Waals surface area contributed by atoms with Crippen molar-refractivity contribution in [1.82, 2.24) is 5.32 Å². The maximum Gasteiger partial charge on any atom is 0.333 e. The number of carbonyl (C=O) groups is 2. The second-order valence-electron chi connectivity index (χ2n) is 5.88. The second kappa shape index (κ2) is 9.60. The topological polar surface area (TPSA) is 113 Å². The van der Waals surface area contributed by atoms with Gasteiger partial charge < -0.3 is 14.8 Å². The van der Waals surface area contributed by atoms with Crippen LogP contribution in [0.2, 0.25) is 0 Å². The molecule has 0 spiro atoms. The summed E-state index contributed by atoms with van der Waals surface area (Å²) in [4.78, 5) is 26.6. The molecule has 0 aliphatic heterocycles. The first kappa shape index (κ1) is 19.5. The van der Waals surface area contributed by atoms with Crippen LogP contribution in [-0.2, 0) is 25.7 Å². The molecule has 3 atom stereocenters. The molecule has 1 aliphatic rings. The molecule has 2 rings (SSSR count). The third-order valence-corrected chi connectivity index (χ3v) is 3.96. The molecule has 0 bridgehead atoms. The molecule has 0 fully saturated rings. The highest BCUT2D eigenvalue weighted by Crippen LogP contribution is 2.26. The van der Waals surface area contributed by atoms with Gasteiger partial charge in [-0.05, 0) is 30.5 Å². The third-order valence-electron chi connectivity index (χ3n) is 3.96. The minimum atomic E-state index is -0.644. The zero-order chi connectivity index (χ0) is 18.9. The maximum absolute atomic E-state index is 12.1. The highest BCUT2D eigenvalue weighted by atomic mass is 16.5. The van der Waals surface area contributed by atoms with Crippen molar-refractivity contribution in [2.24, 2.45) is 5.11 Å². The van der Waals surface area contributed by atoms with E-state index in [-0.39, 0.29) is 25.5 Å². The van der Waals surface area contributed by atoms with E-state index in [4.69, 9.17) is 15.0 Å². The van der Waals surface area contributed by atoms with Gasteiger partial charge in [-0.1, -0.05) is 35.4 Å². The van der Waals surface area contributed by atoms with Gasteiger partial charge in [-0.25, -0.2) is 4.79 Å². The van der Waals surface area contributed by atoms with Crippen LogP contribution in [0.4, 0.5) is 0 Å². The molecular weight excluding hydrogens is 336 g/mol. The summed E-state index contributed by atoms with van der Waals surface area (Å²) in [7, 11) is 0. The normalized spacial score (nSPS) is 21.9. The molecular formula is C18H22N4O4. The second-order valence-corrected chi connectivity index (χ2v) is 5.88. The number of esters is 1. The third kappa shape index (κ3) is 5.34. The Morgan fingerprint density at radius 2 is 2.08 bits per heavy atom. The Morgan fingerprint density at radius 3 is 2.69 bits per heavy atom. The van der Waals surface area contributed by atoms with Gasteiger partial charge in [0.15, 0.2) is 0 Å². The number of rotatable bonds is 7. The van der Waals surface area contributed by atoms with E-state index in [9.17, 15) is 9.59 Å². The maximum atomic E-state index is 12.1. The Labute approximate surface area is 151 Å². The Kier molecular flexibility index (Phi) is 7.20. The Hall–Kier alpha value is -2.83. The summed E-state index contributed by atoms with van der Waals surface area (Å²) in [6.45, 7) is 3.63. The van der Waals surface area contributed by atoms with Crippen LogP contribution in [0.25, 0.3) is 10.4 Å². The van der Waals surface area contributed by atoms with Gasteiger partial charge in [0.05, 0.1) is 31.4 Å². The lowest BCUT2D eigenvalue weighted by atomic mass is 9.88. The van der Waals surface area contributed by atoms with Gasteiger partial charge >= 0.3 is 5.97 Å². The van der Waals surface area contributed by atoms with Gasteiger partial charge in [0, 0.05) is 17.4 Å². The van der Waals surface area contributed by atoms with E-state index in [0.717, 1.165) is 5.56 Å². The number of nitrogens with one attached hydrogen (secondary N) is 1. The Morgan fingerprint density at radius 1 is 1.35 bits per heavy atom. The Bertz CT molecular complexity index is 713. The van der Waals surface area contributed by atoms with Gasteiger partial charge in [0.2, 0.25) is 5.91 Å². The van der Waals surface area contributed by atoms with E-state index in [0.29, 0.717) is 5.57 Å². The minimum Gasteiger partial charge on any atom is -0.463 e. The lowest BCUT2D eigenvalue weighted by molar-refractivity contribution is -0.139. The van der Waals surface area contributed by atoms with E-state index < -0.39 is 24.2 Å².